The van der Waals surface area contributed by atoms with Crippen LogP contribution in [0.1, 0.15) is 37.4 Å². The van der Waals surface area contributed by atoms with Gasteiger partial charge >= 0.3 is 0 Å². The molecule has 0 bridgehead atoms. The van der Waals surface area contributed by atoms with Gasteiger partial charge in [0.2, 0.25) is 0 Å². The Morgan fingerprint density at radius 2 is 2.14 bits per heavy atom. The smallest absolute Gasteiger partial charge is 0.252 e. The predicted octanol–water partition coefficient (Wildman–Crippen LogP) is 3.36. The summed E-state index contributed by atoms with van der Waals surface area (Å²) >= 11 is 0. The third-order valence-corrected chi connectivity index (χ3v) is 4.25. The second-order valence-corrected chi connectivity index (χ2v) is 6.44. The minimum absolute atomic E-state index is 0.271. The van der Waals surface area contributed by atoms with Gasteiger partial charge < -0.3 is 14.6 Å². The molecule has 0 aliphatic heterocycles. The number of rotatable bonds is 7. The largest absolute Gasteiger partial charge is 0.372 e. The number of nitrogens with one attached hydrogen (secondary N) is 1. The third-order valence-electron chi connectivity index (χ3n) is 4.25. The van der Waals surface area contributed by atoms with Gasteiger partial charge in [-0.05, 0) is 39.0 Å². The standard InChI is InChI=1S/C19H20FN7O2/c1-4-28-10-16-25-17(26-29-16)11(2)22-18-15-9-21-27(19(15)24-12(3)23-18)14-7-5-6-13(20)8-14/h5-9,11H,4,10H2,1-3H3,(H,22,23,24). The highest BCUT2D eigenvalue weighted by Gasteiger charge is 2.18. The van der Waals surface area contributed by atoms with E-state index in [2.05, 4.69) is 30.5 Å². The number of hydrogen-bond acceptors (Lipinski definition) is 8. The second kappa shape index (κ2) is 7.92. The van der Waals surface area contributed by atoms with E-state index in [1.165, 1.54) is 12.1 Å². The maximum atomic E-state index is 13.6. The SMILES string of the molecule is CCOCc1nc(C(C)Nc2nc(C)nc3c2cnn3-c2cccc(F)c2)no1. The summed E-state index contributed by atoms with van der Waals surface area (Å²) in [5.74, 6) is 1.69. The molecule has 0 amide bonds. The van der Waals surface area contributed by atoms with Crippen LogP contribution < -0.4 is 5.32 Å². The van der Waals surface area contributed by atoms with Gasteiger partial charge in [-0.1, -0.05) is 11.2 Å². The number of anilines is 1. The van der Waals surface area contributed by atoms with E-state index in [9.17, 15) is 4.39 Å². The highest BCUT2D eigenvalue weighted by atomic mass is 19.1. The lowest BCUT2D eigenvalue weighted by molar-refractivity contribution is 0.109. The summed E-state index contributed by atoms with van der Waals surface area (Å²) in [6.07, 6.45) is 1.64. The van der Waals surface area contributed by atoms with Gasteiger partial charge in [-0.3, -0.25) is 0 Å². The Balaban J connectivity index is 1.65. The summed E-state index contributed by atoms with van der Waals surface area (Å²) in [7, 11) is 0. The van der Waals surface area contributed by atoms with Crippen LogP contribution in [-0.4, -0.2) is 36.5 Å². The fourth-order valence-electron chi connectivity index (χ4n) is 2.89. The van der Waals surface area contributed by atoms with Crippen LogP contribution in [0.4, 0.5) is 10.2 Å². The van der Waals surface area contributed by atoms with E-state index in [1.54, 1.807) is 29.9 Å². The summed E-state index contributed by atoms with van der Waals surface area (Å²) in [5.41, 5.74) is 1.15. The van der Waals surface area contributed by atoms with Gasteiger partial charge in [0.25, 0.3) is 5.89 Å². The average Bonchev–Trinajstić information content (AvgIpc) is 3.33. The minimum Gasteiger partial charge on any atom is -0.372 e. The number of nitrogens with zero attached hydrogens (tertiary/aromatic N) is 6. The van der Waals surface area contributed by atoms with Crippen molar-refractivity contribution >= 4 is 16.9 Å². The zero-order valence-electron chi connectivity index (χ0n) is 16.3. The van der Waals surface area contributed by atoms with Gasteiger partial charge in [-0.25, -0.2) is 19.0 Å². The molecule has 1 aromatic carbocycles. The van der Waals surface area contributed by atoms with Gasteiger partial charge in [-0.2, -0.15) is 10.1 Å². The summed E-state index contributed by atoms with van der Waals surface area (Å²) < 4.78 is 25.7. The Morgan fingerprint density at radius 3 is 2.93 bits per heavy atom. The molecule has 1 atom stereocenters. The summed E-state index contributed by atoms with van der Waals surface area (Å²) in [6, 6.07) is 5.91. The Labute approximate surface area is 165 Å². The van der Waals surface area contributed by atoms with E-state index in [0.29, 0.717) is 46.7 Å². The van der Waals surface area contributed by atoms with Crippen molar-refractivity contribution < 1.29 is 13.7 Å². The molecule has 1 unspecified atom stereocenters. The van der Waals surface area contributed by atoms with Gasteiger partial charge in [0.1, 0.15) is 24.1 Å². The monoisotopic (exact) mass is 397 g/mol. The molecule has 3 heterocycles. The number of ether oxygens (including phenoxy) is 1. The molecule has 0 aliphatic carbocycles. The average molecular weight is 397 g/mol. The zero-order chi connectivity index (χ0) is 20.4. The summed E-state index contributed by atoms with van der Waals surface area (Å²) in [5, 5.41) is 12.3. The first-order valence-corrected chi connectivity index (χ1v) is 9.20. The Morgan fingerprint density at radius 1 is 1.28 bits per heavy atom. The Bertz CT molecular complexity index is 1140. The van der Waals surface area contributed by atoms with Crippen molar-refractivity contribution in [1.29, 1.82) is 0 Å². The van der Waals surface area contributed by atoms with E-state index < -0.39 is 0 Å². The molecule has 0 saturated carbocycles. The summed E-state index contributed by atoms with van der Waals surface area (Å²) in [4.78, 5) is 13.3. The molecular weight excluding hydrogens is 377 g/mol. The highest BCUT2D eigenvalue weighted by molar-refractivity contribution is 5.87. The van der Waals surface area contributed by atoms with E-state index in [0.717, 1.165) is 0 Å². The van der Waals surface area contributed by atoms with Gasteiger partial charge in [0.05, 0.1) is 23.3 Å². The lowest BCUT2D eigenvalue weighted by Gasteiger charge is -2.12. The van der Waals surface area contributed by atoms with Crippen molar-refractivity contribution in [3.63, 3.8) is 0 Å². The van der Waals surface area contributed by atoms with Crippen LogP contribution in [0.5, 0.6) is 0 Å². The molecule has 10 heteroatoms. The second-order valence-electron chi connectivity index (χ2n) is 6.44. The third kappa shape index (κ3) is 3.92. The maximum Gasteiger partial charge on any atom is 0.252 e. The normalized spacial score (nSPS) is 12.4. The van der Waals surface area contributed by atoms with Crippen LogP contribution in [0, 0.1) is 12.7 Å². The molecule has 150 valence electrons. The first-order chi connectivity index (χ1) is 14.0. The molecule has 3 aromatic heterocycles. The number of aryl methyl sites for hydroxylation is 1. The van der Waals surface area contributed by atoms with Crippen molar-refractivity contribution in [1.82, 2.24) is 29.9 Å². The highest BCUT2D eigenvalue weighted by Crippen LogP contribution is 2.26. The topological polar surface area (TPSA) is 104 Å². The van der Waals surface area contributed by atoms with E-state index in [-0.39, 0.29) is 18.5 Å². The fraction of sp³-hybridized carbons (Fsp3) is 0.316. The lowest BCUT2D eigenvalue weighted by atomic mass is 10.3. The quantitative estimate of drug-likeness (QED) is 0.506. The number of aromatic nitrogens is 6. The number of halogens is 1. The van der Waals surface area contributed by atoms with Gasteiger partial charge in [0.15, 0.2) is 11.5 Å². The summed E-state index contributed by atoms with van der Waals surface area (Å²) in [6.45, 7) is 6.42. The van der Waals surface area contributed by atoms with Crippen LogP contribution in [0.2, 0.25) is 0 Å². The van der Waals surface area contributed by atoms with E-state index in [1.807, 2.05) is 13.8 Å². The lowest BCUT2D eigenvalue weighted by Crippen LogP contribution is -2.11. The number of hydrogen-bond donors (Lipinski definition) is 1. The van der Waals surface area contributed by atoms with Crippen LogP contribution in [0.3, 0.4) is 0 Å². The molecular formula is C19H20FN7O2. The fourth-order valence-corrected chi connectivity index (χ4v) is 2.89. The van der Waals surface area contributed by atoms with E-state index >= 15 is 0 Å². The van der Waals surface area contributed by atoms with Crippen molar-refractivity contribution in [3.05, 3.63) is 53.8 Å². The molecule has 0 fully saturated rings. The first-order valence-electron chi connectivity index (χ1n) is 9.20. The minimum atomic E-state index is -0.344. The predicted molar refractivity (Wildman–Crippen MR) is 103 cm³/mol. The van der Waals surface area contributed by atoms with Crippen molar-refractivity contribution in [2.75, 3.05) is 11.9 Å². The number of fused-ring (bicyclic) bond motifs is 1. The molecule has 29 heavy (non-hydrogen) atoms. The van der Waals surface area contributed by atoms with Crippen LogP contribution >= 0.6 is 0 Å². The first kappa shape index (κ1) is 18.9. The molecule has 0 spiro atoms. The number of benzene rings is 1. The molecule has 0 saturated heterocycles. The molecule has 4 aromatic rings. The van der Waals surface area contributed by atoms with Crippen molar-refractivity contribution in [2.45, 2.75) is 33.4 Å². The Kier molecular flexibility index (Phi) is 5.17. The van der Waals surface area contributed by atoms with E-state index in [4.69, 9.17) is 9.26 Å². The van der Waals surface area contributed by atoms with Crippen LogP contribution in [0.15, 0.2) is 35.0 Å². The molecule has 0 aliphatic rings. The van der Waals surface area contributed by atoms with Crippen LogP contribution in [-0.2, 0) is 11.3 Å². The van der Waals surface area contributed by atoms with Gasteiger partial charge in [0, 0.05) is 6.61 Å². The molecule has 4 rings (SSSR count). The van der Waals surface area contributed by atoms with Crippen molar-refractivity contribution in [3.8, 4) is 5.69 Å². The molecule has 9 nitrogen and oxygen atoms in total. The molecule has 0 radical (unpaired) electrons. The maximum absolute atomic E-state index is 13.6. The zero-order valence-corrected chi connectivity index (χ0v) is 16.3. The van der Waals surface area contributed by atoms with Crippen molar-refractivity contribution in [2.24, 2.45) is 0 Å². The van der Waals surface area contributed by atoms with Gasteiger partial charge in [-0.15, -0.1) is 0 Å². The van der Waals surface area contributed by atoms with Crippen LogP contribution in [0.25, 0.3) is 16.7 Å². The Hall–Kier alpha value is -3.40. The molecule has 1 N–H and O–H groups in total.